The molecule has 0 aliphatic heterocycles. The zero-order valence-electron chi connectivity index (χ0n) is 10.1. The average molecular weight is 240 g/mol. The van der Waals surface area contributed by atoms with Crippen molar-refractivity contribution in [3.63, 3.8) is 0 Å². The van der Waals surface area contributed by atoms with Gasteiger partial charge in [-0.2, -0.15) is 0 Å². The molecule has 0 aromatic rings. The normalized spacial score (nSPS) is 24.2. The highest BCUT2D eigenvalue weighted by Gasteiger charge is 2.27. The molecule has 1 rings (SSSR count). The lowest BCUT2D eigenvalue weighted by Crippen LogP contribution is -2.28. The molecule has 0 heterocycles. The first-order valence-corrected chi connectivity index (χ1v) is 6.13. The van der Waals surface area contributed by atoms with E-state index in [4.69, 9.17) is 9.84 Å². The molecule has 1 aliphatic rings. The quantitative estimate of drug-likeness (QED) is 0.547. The van der Waals surface area contributed by atoms with Gasteiger partial charge in [0.1, 0.15) is 0 Å². The minimum Gasteiger partial charge on any atom is -0.481 e. The van der Waals surface area contributed by atoms with E-state index in [9.17, 15) is 9.59 Å². The summed E-state index contributed by atoms with van der Waals surface area (Å²) < 4.78 is 5.61. The highest BCUT2D eigenvalue weighted by Crippen LogP contribution is 2.26. The van der Waals surface area contributed by atoms with Crippen molar-refractivity contribution < 1.29 is 19.4 Å². The van der Waals surface area contributed by atoms with E-state index >= 15 is 0 Å². The zero-order chi connectivity index (χ0) is 12.7. The number of ketones is 1. The third-order valence-corrected chi connectivity index (χ3v) is 3.12. The summed E-state index contributed by atoms with van der Waals surface area (Å²) in [5, 5.41) is 8.92. The molecule has 0 spiro atoms. The lowest BCUT2D eigenvalue weighted by molar-refractivity contribution is -0.144. The summed E-state index contributed by atoms with van der Waals surface area (Å²) in [6, 6.07) is 0. The largest absolute Gasteiger partial charge is 0.481 e. The molecule has 0 bridgehead atoms. The van der Waals surface area contributed by atoms with Gasteiger partial charge in [0, 0.05) is 13.0 Å². The second-order valence-corrected chi connectivity index (χ2v) is 4.47. The van der Waals surface area contributed by atoms with Gasteiger partial charge in [0.25, 0.3) is 0 Å². The molecule has 1 aliphatic carbocycles. The van der Waals surface area contributed by atoms with Crippen molar-refractivity contribution in [3.8, 4) is 0 Å². The topological polar surface area (TPSA) is 63.6 Å². The van der Waals surface area contributed by atoms with Crippen molar-refractivity contribution in [1.29, 1.82) is 0 Å². The van der Waals surface area contributed by atoms with Crippen LogP contribution in [0.3, 0.4) is 0 Å². The fourth-order valence-corrected chi connectivity index (χ4v) is 2.12. The SMILES string of the molecule is C=CC(=O)CCCOC1CCCC(C(=O)O)C1. The van der Waals surface area contributed by atoms with E-state index in [0.717, 1.165) is 19.3 Å². The Balaban J connectivity index is 2.16. The van der Waals surface area contributed by atoms with Gasteiger partial charge >= 0.3 is 5.97 Å². The Hall–Kier alpha value is -1.16. The zero-order valence-corrected chi connectivity index (χ0v) is 10.1. The van der Waals surface area contributed by atoms with Crippen molar-refractivity contribution in [2.45, 2.75) is 44.6 Å². The molecule has 0 amide bonds. The number of carboxylic acids is 1. The predicted molar refractivity (Wildman–Crippen MR) is 63.8 cm³/mol. The van der Waals surface area contributed by atoms with Crippen molar-refractivity contribution in [1.82, 2.24) is 0 Å². The molecule has 0 saturated heterocycles. The average Bonchev–Trinajstić information content (AvgIpc) is 2.34. The lowest BCUT2D eigenvalue weighted by Gasteiger charge is -2.26. The van der Waals surface area contributed by atoms with Gasteiger partial charge in [-0.25, -0.2) is 0 Å². The minimum atomic E-state index is -0.722. The number of carboxylic acid groups (broad SMARTS) is 1. The maximum atomic E-state index is 11.0. The standard InChI is InChI=1S/C13H20O4/c1-2-11(14)6-4-8-17-12-7-3-5-10(9-12)13(15)16/h2,10,12H,1,3-9H2,(H,15,16). The molecule has 2 atom stereocenters. The van der Waals surface area contributed by atoms with Gasteiger partial charge in [-0.05, 0) is 31.8 Å². The molecule has 0 aromatic carbocycles. The first-order valence-electron chi connectivity index (χ1n) is 6.13. The Labute approximate surface area is 102 Å². The van der Waals surface area contributed by atoms with Crippen LogP contribution in [0.5, 0.6) is 0 Å². The van der Waals surface area contributed by atoms with E-state index in [2.05, 4.69) is 6.58 Å². The number of hydrogen-bond acceptors (Lipinski definition) is 3. The summed E-state index contributed by atoms with van der Waals surface area (Å²) in [6.45, 7) is 3.93. The van der Waals surface area contributed by atoms with Gasteiger partial charge in [-0.15, -0.1) is 0 Å². The van der Waals surface area contributed by atoms with Crippen LogP contribution in [0.15, 0.2) is 12.7 Å². The molecule has 4 nitrogen and oxygen atoms in total. The first-order chi connectivity index (χ1) is 8.13. The van der Waals surface area contributed by atoms with E-state index in [1.165, 1.54) is 6.08 Å². The molecule has 1 fully saturated rings. The molecule has 2 unspecified atom stereocenters. The Kier molecular flexibility index (Phi) is 5.91. The van der Waals surface area contributed by atoms with E-state index in [-0.39, 0.29) is 17.8 Å². The molecule has 0 aromatic heterocycles. The number of allylic oxidation sites excluding steroid dienone is 1. The van der Waals surface area contributed by atoms with Gasteiger partial charge in [-0.3, -0.25) is 9.59 Å². The molecule has 0 radical (unpaired) electrons. The highest BCUT2D eigenvalue weighted by atomic mass is 16.5. The number of rotatable bonds is 7. The van der Waals surface area contributed by atoms with E-state index in [0.29, 0.717) is 25.9 Å². The summed E-state index contributed by atoms with van der Waals surface area (Å²) in [4.78, 5) is 21.8. The van der Waals surface area contributed by atoms with Gasteiger partial charge in [0.2, 0.25) is 0 Å². The smallest absolute Gasteiger partial charge is 0.306 e. The van der Waals surface area contributed by atoms with Crippen LogP contribution in [0.2, 0.25) is 0 Å². The van der Waals surface area contributed by atoms with Crippen LogP contribution in [-0.4, -0.2) is 29.6 Å². The summed E-state index contributed by atoms with van der Waals surface area (Å²) in [7, 11) is 0. The Morgan fingerprint density at radius 3 is 2.82 bits per heavy atom. The fourth-order valence-electron chi connectivity index (χ4n) is 2.12. The van der Waals surface area contributed by atoms with Crippen LogP contribution in [0, 0.1) is 5.92 Å². The van der Waals surface area contributed by atoms with E-state index < -0.39 is 5.97 Å². The molecular weight excluding hydrogens is 220 g/mol. The highest BCUT2D eigenvalue weighted by molar-refractivity contribution is 5.88. The van der Waals surface area contributed by atoms with Crippen molar-refractivity contribution in [2.75, 3.05) is 6.61 Å². The van der Waals surface area contributed by atoms with Gasteiger partial charge < -0.3 is 9.84 Å². The van der Waals surface area contributed by atoms with Gasteiger partial charge in [0.05, 0.1) is 12.0 Å². The summed E-state index contributed by atoms with van der Waals surface area (Å²) >= 11 is 0. The number of carbonyl (C=O) groups is 2. The number of hydrogen-bond donors (Lipinski definition) is 1. The first kappa shape index (κ1) is 13.9. The van der Waals surface area contributed by atoms with Crippen LogP contribution < -0.4 is 0 Å². The lowest BCUT2D eigenvalue weighted by atomic mass is 9.87. The summed E-state index contributed by atoms with van der Waals surface area (Å²) in [5.41, 5.74) is 0. The minimum absolute atomic E-state index is 0.0284. The van der Waals surface area contributed by atoms with Crippen molar-refractivity contribution in [2.24, 2.45) is 5.92 Å². The van der Waals surface area contributed by atoms with E-state index in [1.54, 1.807) is 0 Å². The number of ether oxygens (including phenoxy) is 1. The molecule has 4 heteroatoms. The van der Waals surface area contributed by atoms with Crippen molar-refractivity contribution >= 4 is 11.8 Å². The van der Waals surface area contributed by atoms with Crippen LogP contribution in [0.1, 0.15) is 38.5 Å². The molecule has 17 heavy (non-hydrogen) atoms. The van der Waals surface area contributed by atoms with Gasteiger partial charge in [0.15, 0.2) is 5.78 Å². The van der Waals surface area contributed by atoms with Crippen LogP contribution >= 0.6 is 0 Å². The Morgan fingerprint density at radius 1 is 1.41 bits per heavy atom. The summed E-state index contributed by atoms with van der Waals surface area (Å²) in [5.74, 6) is -0.954. The van der Waals surface area contributed by atoms with E-state index in [1.807, 2.05) is 0 Å². The molecule has 1 saturated carbocycles. The Morgan fingerprint density at radius 2 is 2.18 bits per heavy atom. The van der Waals surface area contributed by atoms with Crippen LogP contribution in [0.4, 0.5) is 0 Å². The van der Waals surface area contributed by atoms with Crippen LogP contribution in [-0.2, 0) is 14.3 Å². The molecule has 96 valence electrons. The summed E-state index contributed by atoms with van der Waals surface area (Å²) in [6.07, 6.45) is 5.70. The third-order valence-electron chi connectivity index (χ3n) is 3.12. The molecule has 1 N–H and O–H groups in total. The number of carbonyl (C=O) groups excluding carboxylic acids is 1. The third kappa shape index (κ3) is 5.13. The fraction of sp³-hybridized carbons (Fsp3) is 0.692. The second kappa shape index (κ2) is 7.22. The predicted octanol–water partition coefficient (Wildman–Crippen LogP) is 2.18. The van der Waals surface area contributed by atoms with Gasteiger partial charge in [-0.1, -0.05) is 13.0 Å². The van der Waals surface area contributed by atoms with Crippen molar-refractivity contribution in [3.05, 3.63) is 12.7 Å². The second-order valence-electron chi connectivity index (χ2n) is 4.47. The maximum absolute atomic E-state index is 11.0. The monoisotopic (exact) mass is 240 g/mol. The Bertz CT molecular complexity index is 285. The maximum Gasteiger partial charge on any atom is 0.306 e. The van der Waals surface area contributed by atoms with Crippen LogP contribution in [0.25, 0.3) is 0 Å². The number of aliphatic carboxylic acids is 1. The molecular formula is C13H20O4.